The van der Waals surface area contributed by atoms with E-state index >= 15 is 0 Å². The van der Waals surface area contributed by atoms with E-state index in [2.05, 4.69) is 23.0 Å². The molecule has 0 unspecified atom stereocenters. The molecule has 106 valence electrons. The third-order valence-corrected chi connectivity index (χ3v) is 3.86. The van der Waals surface area contributed by atoms with Gasteiger partial charge in [-0.3, -0.25) is 0 Å². The van der Waals surface area contributed by atoms with Gasteiger partial charge in [-0.05, 0) is 62.5 Å². The molecule has 1 aromatic rings. The highest BCUT2D eigenvalue weighted by Gasteiger charge is 2.16. The van der Waals surface area contributed by atoms with Gasteiger partial charge in [0, 0.05) is 6.42 Å². The Bertz CT molecular complexity index is 461. The highest BCUT2D eigenvalue weighted by atomic mass is 19.1. The van der Waals surface area contributed by atoms with Gasteiger partial charge in [-0.25, -0.2) is 4.39 Å². The van der Waals surface area contributed by atoms with Crippen molar-refractivity contribution in [3.05, 3.63) is 41.7 Å². The minimum absolute atomic E-state index is 0.178. The normalized spacial score (nSPS) is 17.4. The van der Waals surface area contributed by atoms with Crippen molar-refractivity contribution in [2.75, 3.05) is 19.6 Å². The molecule has 1 saturated heterocycles. The number of rotatable bonds is 5. The molecule has 1 aliphatic heterocycles. The largest absolute Gasteiger partial charge is 0.303 e. The molecule has 0 atom stereocenters. The molecule has 0 saturated carbocycles. The van der Waals surface area contributed by atoms with Crippen LogP contribution < -0.4 is 0 Å². The van der Waals surface area contributed by atoms with Gasteiger partial charge in [0.05, 0.1) is 0 Å². The van der Waals surface area contributed by atoms with E-state index in [1.54, 1.807) is 0 Å². The monoisotopic (exact) mass is 271 g/mol. The lowest BCUT2D eigenvalue weighted by Gasteiger charge is -2.30. The molecule has 0 aromatic heterocycles. The molecule has 0 radical (unpaired) electrons. The maximum atomic E-state index is 12.8. The minimum Gasteiger partial charge on any atom is -0.303 e. The SMILES string of the molecule is C#CCCCN1CCC(/C=C/c2ccc(F)cc2)CC1. The standard InChI is InChI=1S/C18H22FN/c1-2-3-4-13-20-14-11-17(12-15-20)6-5-16-7-9-18(19)10-8-16/h1,5-10,17H,3-4,11-15H2/b6-5+. The molecular formula is C18H22FN. The summed E-state index contributed by atoms with van der Waals surface area (Å²) in [6.07, 6.45) is 14.0. The van der Waals surface area contributed by atoms with Crippen molar-refractivity contribution in [3.8, 4) is 12.3 Å². The lowest BCUT2D eigenvalue weighted by Crippen LogP contribution is -2.33. The van der Waals surface area contributed by atoms with Crippen LogP contribution in [0.2, 0.25) is 0 Å². The third kappa shape index (κ3) is 4.83. The fourth-order valence-corrected chi connectivity index (χ4v) is 2.59. The molecule has 0 aliphatic carbocycles. The Morgan fingerprint density at radius 3 is 2.60 bits per heavy atom. The molecule has 1 aliphatic rings. The molecule has 1 nitrogen and oxygen atoms in total. The number of allylic oxidation sites excluding steroid dienone is 1. The lowest BCUT2D eigenvalue weighted by atomic mass is 9.95. The van der Waals surface area contributed by atoms with Crippen LogP contribution in [0, 0.1) is 24.1 Å². The van der Waals surface area contributed by atoms with Crippen LogP contribution in [0.3, 0.4) is 0 Å². The first kappa shape index (κ1) is 14.8. The molecule has 1 heterocycles. The fraction of sp³-hybridized carbons (Fsp3) is 0.444. The Morgan fingerprint density at radius 1 is 1.25 bits per heavy atom. The number of piperidine rings is 1. The van der Waals surface area contributed by atoms with Gasteiger partial charge < -0.3 is 4.90 Å². The van der Waals surface area contributed by atoms with E-state index in [1.165, 1.54) is 25.0 Å². The summed E-state index contributed by atoms with van der Waals surface area (Å²) in [6.45, 7) is 3.44. The molecule has 0 N–H and O–H groups in total. The van der Waals surface area contributed by atoms with E-state index in [9.17, 15) is 4.39 Å². The van der Waals surface area contributed by atoms with Gasteiger partial charge in [-0.2, -0.15) is 0 Å². The van der Waals surface area contributed by atoms with Gasteiger partial charge in [-0.1, -0.05) is 24.3 Å². The van der Waals surface area contributed by atoms with Crippen LogP contribution in [0.4, 0.5) is 4.39 Å². The van der Waals surface area contributed by atoms with Crippen molar-refractivity contribution >= 4 is 6.08 Å². The summed E-state index contributed by atoms with van der Waals surface area (Å²) >= 11 is 0. The molecule has 20 heavy (non-hydrogen) atoms. The summed E-state index contributed by atoms with van der Waals surface area (Å²) in [5.74, 6) is 3.16. The minimum atomic E-state index is -0.178. The highest BCUT2D eigenvalue weighted by Crippen LogP contribution is 2.20. The maximum Gasteiger partial charge on any atom is 0.123 e. The van der Waals surface area contributed by atoms with E-state index in [0.717, 1.165) is 38.0 Å². The van der Waals surface area contributed by atoms with Crippen LogP contribution in [0.5, 0.6) is 0 Å². The second-order valence-corrected chi connectivity index (χ2v) is 5.40. The number of benzene rings is 1. The molecular weight excluding hydrogens is 249 g/mol. The van der Waals surface area contributed by atoms with E-state index in [0.29, 0.717) is 5.92 Å². The van der Waals surface area contributed by atoms with Crippen LogP contribution in [0.15, 0.2) is 30.3 Å². The number of hydrogen-bond acceptors (Lipinski definition) is 1. The van der Waals surface area contributed by atoms with E-state index in [-0.39, 0.29) is 5.82 Å². The number of halogens is 1. The number of likely N-dealkylation sites (tertiary alicyclic amines) is 1. The maximum absolute atomic E-state index is 12.8. The number of unbranched alkanes of at least 4 members (excludes halogenated alkanes) is 1. The van der Waals surface area contributed by atoms with Crippen LogP contribution in [-0.4, -0.2) is 24.5 Å². The van der Waals surface area contributed by atoms with Gasteiger partial charge in [0.25, 0.3) is 0 Å². The van der Waals surface area contributed by atoms with Gasteiger partial charge in [0.15, 0.2) is 0 Å². The molecule has 0 amide bonds. The predicted molar refractivity (Wildman–Crippen MR) is 82.7 cm³/mol. The first-order chi connectivity index (χ1) is 9.78. The second-order valence-electron chi connectivity index (χ2n) is 5.40. The second kappa shape index (κ2) is 7.87. The summed E-state index contributed by atoms with van der Waals surface area (Å²) in [5.41, 5.74) is 1.07. The number of terminal acetylenes is 1. The highest BCUT2D eigenvalue weighted by molar-refractivity contribution is 5.49. The quantitative estimate of drug-likeness (QED) is 0.578. The molecule has 0 spiro atoms. The first-order valence-corrected chi connectivity index (χ1v) is 7.37. The van der Waals surface area contributed by atoms with E-state index < -0.39 is 0 Å². The molecule has 0 bridgehead atoms. The van der Waals surface area contributed by atoms with Gasteiger partial charge in [0.1, 0.15) is 5.82 Å². The molecule has 1 aromatic carbocycles. The van der Waals surface area contributed by atoms with Crippen LogP contribution in [-0.2, 0) is 0 Å². The van der Waals surface area contributed by atoms with Crippen LogP contribution in [0.1, 0.15) is 31.2 Å². The van der Waals surface area contributed by atoms with Crippen molar-refractivity contribution in [1.82, 2.24) is 4.90 Å². The summed E-state index contributed by atoms with van der Waals surface area (Å²) in [4.78, 5) is 2.50. The van der Waals surface area contributed by atoms with Crippen molar-refractivity contribution in [2.45, 2.75) is 25.7 Å². The lowest BCUT2D eigenvalue weighted by molar-refractivity contribution is 0.202. The zero-order valence-corrected chi connectivity index (χ0v) is 11.9. The number of nitrogens with zero attached hydrogens (tertiary/aromatic N) is 1. The van der Waals surface area contributed by atoms with Crippen LogP contribution in [0.25, 0.3) is 6.08 Å². The third-order valence-electron chi connectivity index (χ3n) is 3.86. The Kier molecular flexibility index (Phi) is 5.83. The molecule has 1 fully saturated rings. The smallest absolute Gasteiger partial charge is 0.123 e. The van der Waals surface area contributed by atoms with Crippen molar-refractivity contribution < 1.29 is 4.39 Å². The summed E-state index contributed by atoms with van der Waals surface area (Å²) in [7, 11) is 0. The summed E-state index contributed by atoms with van der Waals surface area (Å²) < 4.78 is 12.8. The average Bonchev–Trinajstić information content (AvgIpc) is 2.48. The van der Waals surface area contributed by atoms with E-state index in [4.69, 9.17) is 6.42 Å². The number of hydrogen-bond donors (Lipinski definition) is 0. The summed E-state index contributed by atoms with van der Waals surface area (Å²) in [6, 6.07) is 6.66. The van der Waals surface area contributed by atoms with Gasteiger partial charge >= 0.3 is 0 Å². The molecule has 2 rings (SSSR count). The summed E-state index contributed by atoms with van der Waals surface area (Å²) in [5, 5.41) is 0. The van der Waals surface area contributed by atoms with Gasteiger partial charge in [0.2, 0.25) is 0 Å². The Balaban J connectivity index is 1.74. The topological polar surface area (TPSA) is 3.24 Å². The van der Waals surface area contributed by atoms with Crippen LogP contribution >= 0.6 is 0 Å². The van der Waals surface area contributed by atoms with Crippen molar-refractivity contribution in [1.29, 1.82) is 0 Å². The first-order valence-electron chi connectivity index (χ1n) is 7.37. The fourth-order valence-electron chi connectivity index (χ4n) is 2.59. The zero-order valence-electron chi connectivity index (χ0n) is 11.9. The van der Waals surface area contributed by atoms with E-state index in [1.807, 2.05) is 12.1 Å². The van der Waals surface area contributed by atoms with Gasteiger partial charge in [-0.15, -0.1) is 12.3 Å². The Hall–Kier alpha value is -1.59. The van der Waals surface area contributed by atoms with Crippen molar-refractivity contribution in [2.24, 2.45) is 5.92 Å². The predicted octanol–water partition coefficient (Wildman–Crippen LogP) is 3.96. The Morgan fingerprint density at radius 2 is 1.95 bits per heavy atom. The Labute approximate surface area is 121 Å². The molecule has 2 heteroatoms. The van der Waals surface area contributed by atoms with Crippen molar-refractivity contribution in [3.63, 3.8) is 0 Å². The zero-order chi connectivity index (χ0) is 14.2. The average molecular weight is 271 g/mol.